The predicted molar refractivity (Wildman–Crippen MR) is 121 cm³/mol. The molecule has 3 aliphatic carbocycles. The van der Waals surface area contributed by atoms with Gasteiger partial charge in [-0.15, -0.1) is 0 Å². The van der Waals surface area contributed by atoms with Crippen LogP contribution in [0.3, 0.4) is 0 Å². The van der Waals surface area contributed by atoms with E-state index in [9.17, 15) is 0 Å². The summed E-state index contributed by atoms with van der Waals surface area (Å²) in [5, 5.41) is 0. The Morgan fingerprint density at radius 2 is 0.607 bits per heavy atom. The van der Waals surface area contributed by atoms with E-state index in [4.69, 9.17) is 0 Å². The van der Waals surface area contributed by atoms with Gasteiger partial charge in [0.15, 0.2) is 0 Å². The molecule has 0 fully saturated rings. The van der Waals surface area contributed by atoms with Crippen molar-refractivity contribution in [2.75, 3.05) is 0 Å². The summed E-state index contributed by atoms with van der Waals surface area (Å²) in [6.45, 7) is 29.0. The van der Waals surface area contributed by atoms with Gasteiger partial charge in [0, 0.05) is 0 Å². The van der Waals surface area contributed by atoms with Gasteiger partial charge in [-0.25, -0.2) is 0 Å². The van der Waals surface area contributed by atoms with Gasteiger partial charge in [-0.3, -0.25) is 0 Å². The summed E-state index contributed by atoms with van der Waals surface area (Å²) in [5.74, 6) is 1.90. The van der Waals surface area contributed by atoms with Crippen LogP contribution >= 0.6 is 0 Å². The van der Waals surface area contributed by atoms with Gasteiger partial charge in [-0.2, -0.15) is 0 Å². The van der Waals surface area contributed by atoms with Gasteiger partial charge < -0.3 is 0 Å². The second kappa shape index (κ2) is 7.71. The predicted octanol–water partition coefficient (Wildman–Crippen LogP) is 8.39. The second-order valence-corrected chi connectivity index (χ2v) is 18.3. The van der Waals surface area contributed by atoms with Crippen LogP contribution < -0.4 is 0 Å². The molecule has 1 heteroatoms. The molecule has 0 radical (unpaired) electrons. The molecule has 3 rings (SSSR count). The Balaban J connectivity index is 2.29. The van der Waals surface area contributed by atoms with E-state index in [1.54, 1.807) is 50.2 Å². The molecular weight excluding hydrogens is 463 g/mol. The third-order valence-electron chi connectivity index (χ3n) is 9.04. The van der Waals surface area contributed by atoms with Crippen molar-refractivity contribution in [2.45, 2.75) is 83.1 Å². The Morgan fingerprint density at radius 3 is 0.750 bits per heavy atom. The van der Waals surface area contributed by atoms with Gasteiger partial charge in [0.05, 0.1) is 0 Å². The topological polar surface area (TPSA) is 0 Å². The van der Waals surface area contributed by atoms with Crippen LogP contribution in [-0.4, -0.2) is 0 Å². The van der Waals surface area contributed by atoms with E-state index in [1.165, 1.54) is 0 Å². The van der Waals surface area contributed by atoms with Crippen LogP contribution in [0.5, 0.6) is 0 Å². The molecule has 0 bridgehead atoms. The van der Waals surface area contributed by atoms with Crippen molar-refractivity contribution in [1.82, 2.24) is 0 Å². The minimum atomic E-state index is -2.59. The zero-order chi connectivity index (χ0) is 21.2. The van der Waals surface area contributed by atoms with Gasteiger partial charge in [0.2, 0.25) is 0 Å². The van der Waals surface area contributed by atoms with Crippen LogP contribution in [0.15, 0.2) is 56.1 Å². The second-order valence-electron chi connectivity index (χ2n) is 9.76. The average Bonchev–Trinajstić information content (AvgIpc) is 3.06. The van der Waals surface area contributed by atoms with E-state index in [0.29, 0.717) is 17.8 Å². The fraction of sp³-hybridized carbons (Fsp3) is 0.556. The van der Waals surface area contributed by atoms with E-state index in [-0.39, 0.29) is 0 Å². The zero-order valence-corrected chi connectivity index (χ0v) is 23.9. The summed E-state index contributed by atoms with van der Waals surface area (Å²) in [7, 11) is 0. The molecule has 0 N–H and O–H groups in total. The first-order chi connectivity index (χ1) is 12.9. The molecule has 0 saturated carbocycles. The molecule has 0 nitrogen and oxygen atoms in total. The molecule has 0 amide bonds. The first kappa shape index (κ1) is 22.3. The first-order valence-corrected chi connectivity index (χ1v) is 16.5. The van der Waals surface area contributed by atoms with Crippen LogP contribution in [0.2, 0.25) is 0 Å². The standard InChI is InChI=1S/3C9H13.La/c3*1-6-5-7(2)9(4)8(6)3;/h3*6H,1-4H3;. The van der Waals surface area contributed by atoms with Gasteiger partial charge in [-0.1, -0.05) is 0 Å². The van der Waals surface area contributed by atoms with E-state index in [2.05, 4.69) is 83.1 Å². The molecule has 3 unspecified atom stereocenters. The van der Waals surface area contributed by atoms with Gasteiger partial charge in [0.25, 0.3) is 0 Å². The van der Waals surface area contributed by atoms with Crippen LogP contribution in [0.25, 0.3) is 0 Å². The molecule has 0 saturated heterocycles. The Hall–Kier alpha value is -0.365. The molecular formula is C27H39La. The number of hydrogen-bond acceptors (Lipinski definition) is 0. The number of rotatable bonds is 3. The molecule has 0 aromatic rings. The summed E-state index contributed by atoms with van der Waals surface area (Å²) in [5.41, 5.74) is 14.5. The number of hydrogen-bond donors (Lipinski definition) is 0. The van der Waals surface area contributed by atoms with Crippen molar-refractivity contribution in [3.63, 3.8) is 0 Å². The molecule has 0 aromatic heterocycles. The normalized spacial score (nSPS) is 28.9. The van der Waals surface area contributed by atoms with Gasteiger partial charge in [0.1, 0.15) is 0 Å². The van der Waals surface area contributed by atoms with Crippen molar-refractivity contribution in [3.8, 4) is 0 Å². The Labute approximate surface area is 185 Å². The van der Waals surface area contributed by atoms with Gasteiger partial charge >= 0.3 is 187 Å². The molecule has 0 aliphatic heterocycles. The quantitative estimate of drug-likeness (QED) is 0.364. The first-order valence-electron chi connectivity index (χ1n) is 11.1. The van der Waals surface area contributed by atoms with E-state index < -0.39 is 30.0 Å². The summed E-state index contributed by atoms with van der Waals surface area (Å²) in [4.78, 5) is 0. The van der Waals surface area contributed by atoms with Crippen LogP contribution in [0, 0.1) is 47.7 Å². The monoisotopic (exact) mass is 502 g/mol. The summed E-state index contributed by atoms with van der Waals surface area (Å²) in [6, 6.07) is 0. The van der Waals surface area contributed by atoms with Crippen molar-refractivity contribution in [1.29, 1.82) is 0 Å². The van der Waals surface area contributed by atoms with Crippen LogP contribution in [0.4, 0.5) is 0 Å². The minimum absolute atomic E-state index is 0.633. The number of allylic oxidation sites excluding steroid dienone is 12. The van der Waals surface area contributed by atoms with E-state index in [0.717, 1.165) is 0 Å². The average molecular weight is 503 g/mol. The Bertz CT molecular complexity index is 815. The summed E-state index contributed by atoms with van der Waals surface area (Å²) in [6.07, 6.45) is 0. The third-order valence-corrected chi connectivity index (χ3v) is 23.7. The van der Waals surface area contributed by atoms with Crippen molar-refractivity contribution in [2.24, 2.45) is 17.8 Å². The maximum absolute atomic E-state index is 2.59. The molecule has 3 aliphatic rings. The molecule has 0 aromatic carbocycles. The van der Waals surface area contributed by atoms with Crippen LogP contribution in [0.1, 0.15) is 83.1 Å². The van der Waals surface area contributed by atoms with E-state index in [1.807, 2.05) is 5.93 Å². The Morgan fingerprint density at radius 1 is 0.393 bits per heavy atom. The molecule has 0 spiro atoms. The summed E-state index contributed by atoms with van der Waals surface area (Å²) >= 11 is -2.59. The van der Waals surface area contributed by atoms with Crippen LogP contribution in [-0.2, 0) is 0 Å². The van der Waals surface area contributed by atoms with Crippen molar-refractivity contribution < 1.29 is 30.0 Å². The SMILES string of the molecule is CC1=C(C)C(C)[C]([La]([C]2=C(C)C(C)=C(C)C2C)[C]2=C(C)C(C)=C(C)C2C)=C1C. The van der Waals surface area contributed by atoms with Gasteiger partial charge in [-0.05, 0) is 0 Å². The fourth-order valence-corrected chi connectivity index (χ4v) is 22.4. The van der Waals surface area contributed by atoms with Crippen molar-refractivity contribution in [3.05, 3.63) is 56.1 Å². The Kier molecular flexibility index (Phi) is 6.15. The summed E-state index contributed by atoms with van der Waals surface area (Å²) < 4.78 is 5.67. The molecule has 3 atom stereocenters. The molecule has 150 valence electrons. The van der Waals surface area contributed by atoms with E-state index >= 15 is 0 Å². The third kappa shape index (κ3) is 3.03. The maximum atomic E-state index is 2.49. The zero-order valence-electron chi connectivity index (χ0n) is 20.3. The molecule has 0 heterocycles. The van der Waals surface area contributed by atoms with Crippen molar-refractivity contribution >= 4 is 0 Å². The molecule has 28 heavy (non-hydrogen) atoms. The fourth-order valence-electron chi connectivity index (χ4n) is 6.09.